The third-order valence-corrected chi connectivity index (χ3v) is 3.92. The van der Waals surface area contributed by atoms with E-state index in [0.717, 1.165) is 0 Å². The molecule has 0 aromatic heterocycles. The normalized spacial score (nSPS) is 21.1. The van der Waals surface area contributed by atoms with Crippen molar-refractivity contribution >= 4 is 18.0 Å². The van der Waals surface area contributed by atoms with Crippen molar-refractivity contribution in [3.05, 3.63) is 0 Å². The van der Waals surface area contributed by atoms with Gasteiger partial charge in [0.1, 0.15) is 5.60 Å². The molecule has 1 heterocycles. The molecule has 0 aromatic rings. The second-order valence-corrected chi connectivity index (χ2v) is 7.02. The van der Waals surface area contributed by atoms with Crippen LogP contribution in [-0.4, -0.2) is 53.8 Å². The lowest BCUT2D eigenvalue weighted by Gasteiger charge is -2.28. The number of hydrogen-bond donors (Lipinski definition) is 1. The van der Waals surface area contributed by atoms with Crippen molar-refractivity contribution in [2.75, 3.05) is 20.2 Å². The van der Waals surface area contributed by atoms with Gasteiger partial charge in [-0.25, -0.2) is 4.79 Å². The first-order valence-corrected chi connectivity index (χ1v) is 7.88. The fraction of sp³-hybridized carbons (Fsp3) is 0.812. The molecule has 1 saturated heterocycles. The third kappa shape index (κ3) is 5.73. The lowest BCUT2D eigenvalue weighted by molar-refractivity contribution is -0.152. The standard InChI is InChI=1S/C16H27NO6/c1-15(2,3)23-14(21)17-10-9-16(11-17,13(20)22-4)8-6-5-7-12(18)19/h5-11H2,1-4H3,(H,18,19). The van der Waals surface area contributed by atoms with Crippen molar-refractivity contribution < 1.29 is 29.0 Å². The second-order valence-electron chi connectivity index (χ2n) is 7.02. The molecule has 7 heteroatoms. The zero-order valence-corrected chi connectivity index (χ0v) is 14.4. The Hall–Kier alpha value is -1.79. The third-order valence-electron chi connectivity index (χ3n) is 3.92. The number of methoxy groups -OCH3 is 1. The summed E-state index contributed by atoms with van der Waals surface area (Å²) in [6.07, 6.45) is 1.75. The van der Waals surface area contributed by atoms with Crippen molar-refractivity contribution in [3.63, 3.8) is 0 Å². The number of rotatable bonds is 6. The average molecular weight is 329 g/mol. The number of unbranched alkanes of at least 4 members (excludes halogenated alkanes) is 1. The topological polar surface area (TPSA) is 93.1 Å². The van der Waals surface area contributed by atoms with Crippen molar-refractivity contribution in [3.8, 4) is 0 Å². The summed E-state index contributed by atoms with van der Waals surface area (Å²) in [6.45, 7) is 6.06. The molecule has 1 amide bonds. The number of carbonyl (C=O) groups is 3. The number of aliphatic carboxylic acids is 1. The molecule has 1 aliphatic rings. The summed E-state index contributed by atoms with van der Waals surface area (Å²) in [5.74, 6) is -1.20. The highest BCUT2D eigenvalue weighted by Crippen LogP contribution is 2.37. The van der Waals surface area contributed by atoms with E-state index in [1.165, 1.54) is 12.0 Å². The molecular formula is C16H27NO6. The Balaban J connectivity index is 2.68. The Morgan fingerprint density at radius 3 is 2.39 bits per heavy atom. The molecule has 1 N–H and O–H groups in total. The van der Waals surface area contributed by atoms with E-state index in [1.54, 1.807) is 20.8 Å². The molecule has 0 spiro atoms. The molecule has 23 heavy (non-hydrogen) atoms. The predicted molar refractivity (Wildman–Crippen MR) is 83.0 cm³/mol. The summed E-state index contributed by atoms with van der Waals surface area (Å²) in [4.78, 5) is 36.5. The van der Waals surface area contributed by atoms with Gasteiger partial charge in [0.15, 0.2) is 0 Å². The number of ether oxygens (including phenoxy) is 2. The fourth-order valence-corrected chi connectivity index (χ4v) is 2.78. The van der Waals surface area contributed by atoms with Crippen LogP contribution in [0.2, 0.25) is 0 Å². The fourth-order valence-electron chi connectivity index (χ4n) is 2.78. The number of nitrogens with zero attached hydrogens (tertiary/aromatic N) is 1. The summed E-state index contributed by atoms with van der Waals surface area (Å²) >= 11 is 0. The number of esters is 1. The monoisotopic (exact) mass is 329 g/mol. The van der Waals surface area contributed by atoms with Crippen LogP contribution >= 0.6 is 0 Å². The van der Waals surface area contributed by atoms with E-state index in [1.807, 2.05) is 0 Å². The first-order valence-electron chi connectivity index (χ1n) is 7.88. The number of carbonyl (C=O) groups excluding carboxylic acids is 2. The Bertz CT molecular complexity index is 456. The van der Waals surface area contributed by atoms with E-state index in [2.05, 4.69) is 0 Å². The van der Waals surface area contributed by atoms with Crippen LogP contribution in [-0.2, 0) is 19.1 Å². The average Bonchev–Trinajstić information content (AvgIpc) is 2.86. The van der Waals surface area contributed by atoms with E-state index in [-0.39, 0.29) is 18.9 Å². The molecule has 7 nitrogen and oxygen atoms in total. The van der Waals surface area contributed by atoms with E-state index >= 15 is 0 Å². The summed E-state index contributed by atoms with van der Waals surface area (Å²) in [7, 11) is 1.33. The SMILES string of the molecule is COC(=O)C1(CCCCC(=O)O)CCN(C(=O)OC(C)(C)C)C1. The van der Waals surface area contributed by atoms with E-state index in [9.17, 15) is 14.4 Å². The van der Waals surface area contributed by atoms with Gasteiger partial charge in [-0.3, -0.25) is 9.59 Å². The van der Waals surface area contributed by atoms with Gasteiger partial charge in [0.25, 0.3) is 0 Å². The first kappa shape index (κ1) is 19.3. The molecule has 0 saturated carbocycles. The Morgan fingerprint density at radius 2 is 1.87 bits per heavy atom. The van der Waals surface area contributed by atoms with Gasteiger partial charge in [0.2, 0.25) is 0 Å². The largest absolute Gasteiger partial charge is 0.481 e. The van der Waals surface area contributed by atoms with Gasteiger partial charge in [0, 0.05) is 19.5 Å². The summed E-state index contributed by atoms with van der Waals surface area (Å²) < 4.78 is 10.3. The van der Waals surface area contributed by atoms with Crippen molar-refractivity contribution in [2.24, 2.45) is 5.41 Å². The van der Waals surface area contributed by atoms with Crippen LogP contribution in [0.25, 0.3) is 0 Å². The summed E-state index contributed by atoms with van der Waals surface area (Å²) in [6, 6.07) is 0. The van der Waals surface area contributed by atoms with E-state index in [0.29, 0.717) is 32.2 Å². The molecule has 0 bridgehead atoms. The molecule has 0 aromatic carbocycles. The molecule has 1 unspecified atom stereocenters. The lowest BCUT2D eigenvalue weighted by atomic mass is 9.81. The van der Waals surface area contributed by atoms with Crippen LogP contribution in [0, 0.1) is 5.41 Å². The molecule has 0 radical (unpaired) electrons. The highest BCUT2D eigenvalue weighted by Gasteiger charge is 2.47. The van der Waals surface area contributed by atoms with Gasteiger partial charge in [-0.15, -0.1) is 0 Å². The minimum Gasteiger partial charge on any atom is -0.481 e. The van der Waals surface area contributed by atoms with Crippen LogP contribution in [0.1, 0.15) is 52.9 Å². The first-order chi connectivity index (χ1) is 10.6. The van der Waals surface area contributed by atoms with Gasteiger partial charge >= 0.3 is 18.0 Å². The minimum absolute atomic E-state index is 0.0764. The van der Waals surface area contributed by atoms with E-state index < -0.39 is 23.1 Å². The molecule has 0 aliphatic carbocycles. The molecule has 132 valence electrons. The predicted octanol–water partition coefficient (Wildman–Crippen LogP) is 2.43. The molecular weight excluding hydrogens is 302 g/mol. The Kier molecular flexibility index (Phi) is 6.41. The number of likely N-dealkylation sites (tertiary alicyclic amines) is 1. The minimum atomic E-state index is -0.848. The summed E-state index contributed by atoms with van der Waals surface area (Å²) in [5, 5.41) is 8.69. The quantitative estimate of drug-likeness (QED) is 0.594. The van der Waals surface area contributed by atoms with Crippen molar-refractivity contribution in [1.29, 1.82) is 0 Å². The van der Waals surface area contributed by atoms with Crippen LogP contribution in [0.5, 0.6) is 0 Å². The maximum absolute atomic E-state index is 12.2. The maximum Gasteiger partial charge on any atom is 0.410 e. The molecule has 1 aliphatic heterocycles. The maximum atomic E-state index is 12.2. The number of carboxylic acid groups (broad SMARTS) is 1. The summed E-state index contributed by atoms with van der Waals surface area (Å²) in [5.41, 5.74) is -1.35. The van der Waals surface area contributed by atoms with Crippen molar-refractivity contribution in [2.45, 2.75) is 58.5 Å². The smallest absolute Gasteiger partial charge is 0.410 e. The Morgan fingerprint density at radius 1 is 1.22 bits per heavy atom. The van der Waals surface area contributed by atoms with Crippen molar-refractivity contribution in [1.82, 2.24) is 4.90 Å². The molecule has 1 rings (SSSR count). The van der Waals surface area contributed by atoms with Crippen LogP contribution in [0.15, 0.2) is 0 Å². The van der Waals surface area contributed by atoms with Crippen LogP contribution < -0.4 is 0 Å². The number of amides is 1. The van der Waals surface area contributed by atoms with E-state index in [4.69, 9.17) is 14.6 Å². The number of carboxylic acids is 1. The highest BCUT2D eigenvalue weighted by molar-refractivity contribution is 5.79. The Labute approximate surface area is 136 Å². The number of hydrogen-bond acceptors (Lipinski definition) is 5. The van der Waals surface area contributed by atoms with Crippen LogP contribution in [0.3, 0.4) is 0 Å². The lowest BCUT2D eigenvalue weighted by Crippen LogP contribution is -2.40. The van der Waals surface area contributed by atoms with Gasteiger partial charge in [-0.2, -0.15) is 0 Å². The van der Waals surface area contributed by atoms with Gasteiger partial charge in [-0.1, -0.05) is 6.42 Å². The van der Waals surface area contributed by atoms with Crippen LogP contribution in [0.4, 0.5) is 4.79 Å². The highest BCUT2D eigenvalue weighted by atomic mass is 16.6. The van der Waals surface area contributed by atoms with Gasteiger partial charge < -0.3 is 19.5 Å². The van der Waals surface area contributed by atoms with Gasteiger partial charge in [-0.05, 0) is 40.0 Å². The molecule has 1 fully saturated rings. The second kappa shape index (κ2) is 7.66. The van der Waals surface area contributed by atoms with Gasteiger partial charge in [0.05, 0.1) is 12.5 Å². The zero-order valence-electron chi connectivity index (χ0n) is 14.4. The zero-order chi connectivity index (χ0) is 17.7. The molecule has 1 atom stereocenters.